The van der Waals surface area contributed by atoms with Crippen molar-refractivity contribution < 1.29 is 19.5 Å². The summed E-state index contributed by atoms with van der Waals surface area (Å²) in [5.41, 5.74) is 5.24. The van der Waals surface area contributed by atoms with E-state index in [2.05, 4.69) is 0 Å². The van der Waals surface area contributed by atoms with Crippen LogP contribution in [-0.4, -0.2) is 28.5 Å². The third kappa shape index (κ3) is 1.91. The van der Waals surface area contributed by atoms with Gasteiger partial charge < -0.3 is 25.3 Å². The number of nitrogens with two attached hydrogens (primary N) is 1. The van der Waals surface area contributed by atoms with Crippen molar-refractivity contribution in [3.63, 3.8) is 0 Å². The molecule has 0 aliphatic carbocycles. The van der Waals surface area contributed by atoms with Crippen LogP contribution >= 0.6 is 0 Å². The Labute approximate surface area is 107 Å². The van der Waals surface area contributed by atoms with Crippen molar-refractivity contribution in [3.05, 3.63) is 12.1 Å². The lowest BCUT2D eigenvalue weighted by Crippen LogP contribution is -2.41. The largest absolute Gasteiger partial charge is 0.508 e. The highest BCUT2D eigenvalue weighted by Gasteiger charge is 2.52. The number of anilines is 1. The lowest BCUT2D eigenvalue weighted by molar-refractivity contribution is 0.00578. The van der Waals surface area contributed by atoms with Crippen molar-refractivity contribution in [2.75, 3.05) is 5.73 Å². The number of hydrogen-bond acceptors (Lipinski definition) is 5. The van der Waals surface area contributed by atoms with Gasteiger partial charge in [-0.3, -0.25) is 0 Å². The van der Waals surface area contributed by atoms with Crippen LogP contribution in [0.2, 0.25) is 0 Å². The van der Waals surface area contributed by atoms with E-state index in [4.69, 9.17) is 15.0 Å². The highest BCUT2D eigenvalue weighted by atomic mass is 16.7. The van der Waals surface area contributed by atoms with Gasteiger partial charge in [-0.2, -0.15) is 0 Å². The average Bonchev–Trinajstić information content (AvgIpc) is 2.42. The fourth-order valence-electron chi connectivity index (χ4n) is 1.77. The molecule has 0 atom stereocenters. The van der Waals surface area contributed by atoms with Gasteiger partial charge in [0, 0.05) is 11.5 Å². The summed E-state index contributed by atoms with van der Waals surface area (Å²) < 4.78 is 11.6. The number of rotatable bonds is 1. The molecule has 0 spiro atoms. The number of phenols is 2. The molecule has 0 bridgehead atoms. The van der Waals surface area contributed by atoms with Gasteiger partial charge in [0.05, 0.1) is 16.9 Å². The predicted molar refractivity (Wildman–Crippen MR) is 69.9 cm³/mol. The Morgan fingerprint density at radius 3 is 2.00 bits per heavy atom. The number of hydrogen-bond donors (Lipinski definition) is 3. The third-order valence-corrected chi connectivity index (χ3v) is 3.68. The normalized spacial score (nSPS) is 21.2. The maximum Gasteiger partial charge on any atom is 0.498 e. The molecule has 1 fully saturated rings. The first-order valence-corrected chi connectivity index (χ1v) is 5.81. The maximum absolute atomic E-state index is 9.84. The molecule has 1 aliphatic heterocycles. The summed E-state index contributed by atoms with van der Waals surface area (Å²) in [5, 5.41) is 19.2. The molecule has 6 heteroatoms. The lowest BCUT2D eigenvalue weighted by atomic mass is 9.78. The van der Waals surface area contributed by atoms with Crippen LogP contribution in [0.25, 0.3) is 0 Å². The summed E-state index contributed by atoms with van der Waals surface area (Å²) in [6.07, 6.45) is 0. The van der Waals surface area contributed by atoms with Gasteiger partial charge in [0.2, 0.25) is 0 Å². The quantitative estimate of drug-likeness (QED) is 0.300. The van der Waals surface area contributed by atoms with E-state index in [1.165, 1.54) is 12.1 Å². The molecule has 1 heterocycles. The molecule has 1 saturated heterocycles. The van der Waals surface area contributed by atoms with E-state index in [0.717, 1.165) is 0 Å². The topological polar surface area (TPSA) is 84.9 Å². The van der Waals surface area contributed by atoms with Crippen molar-refractivity contribution in [3.8, 4) is 11.5 Å². The lowest BCUT2D eigenvalue weighted by Gasteiger charge is -2.32. The zero-order valence-corrected chi connectivity index (χ0v) is 11.0. The first-order chi connectivity index (χ1) is 8.14. The molecule has 0 aromatic heterocycles. The second-order valence-electron chi connectivity index (χ2n) is 5.56. The van der Waals surface area contributed by atoms with Gasteiger partial charge in [0.25, 0.3) is 0 Å². The van der Waals surface area contributed by atoms with Gasteiger partial charge in [-0.1, -0.05) is 0 Å². The van der Waals surface area contributed by atoms with Crippen molar-refractivity contribution in [2.24, 2.45) is 0 Å². The zero-order chi connectivity index (χ0) is 13.7. The summed E-state index contributed by atoms with van der Waals surface area (Å²) in [7, 11) is -0.696. The van der Waals surface area contributed by atoms with E-state index >= 15 is 0 Å². The highest BCUT2D eigenvalue weighted by molar-refractivity contribution is 6.63. The molecule has 0 radical (unpaired) electrons. The number of nitrogen functional groups attached to an aromatic ring is 1. The molecular formula is C12H18BNO4. The minimum atomic E-state index is -0.696. The second kappa shape index (κ2) is 3.80. The SMILES string of the molecule is CC1(C)OB(c2cc(N)c(O)cc2O)OC1(C)C. The minimum Gasteiger partial charge on any atom is -0.508 e. The molecule has 4 N–H and O–H groups in total. The Kier molecular flexibility index (Phi) is 2.75. The van der Waals surface area contributed by atoms with Gasteiger partial charge in [0.1, 0.15) is 11.5 Å². The molecule has 98 valence electrons. The summed E-state index contributed by atoms with van der Waals surface area (Å²) in [5.74, 6) is -0.257. The number of aromatic hydroxyl groups is 2. The molecule has 0 unspecified atom stereocenters. The minimum absolute atomic E-state index is 0.0970. The van der Waals surface area contributed by atoms with Crippen LogP contribution in [0.3, 0.4) is 0 Å². The summed E-state index contributed by atoms with van der Waals surface area (Å²) in [6.45, 7) is 7.70. The average molecular weight is 251 g/mol. The van der Waals surface area contributed by atoms with Gasteiger partial charge in [-0.05, 0) is 33.8 Å². The standard InChI is InChI=1S/C12H18BNO4/c1-11(2)12(3,4)18-13(17-11)7-5-8(14)10(16)6-9(7)15/h5-6,15-16H,14H2,1-4H3. The van der Waals surface area contributed by atoms with Crippen molar-refractivity contribution >= 4 is 18.3 Å². The van der Waals surface area contributed by atoms with E-state index in [9.17, 15) is 10.2 Å². The molecular weight excluding hydrogens is 233 g/mol. The van der Waals surface area contributed by atoms with Crippen LogP contribution in [0.15, 0.2) is 12.1 Å². The molecule has 0 saturated carbocycles. The van der Waals surface area contributed by atoms with Gasteiger partial charge >= 0.3 is 7.12 Å². The molecule has 0 amide bonds. The Balaban J connectivity index is 2.38. The van der Waals surface area contributed by atoms with E-state index in [1.807, 2.05) is 27.7 Å². The number of benzene rings is 1. The van der Waals surface area contributed by atoms with Gasteiger partial charge in [-0.25, -0.2) is 0 Å². The summed E-state index contributed by atoms with van der Waals surface area (Å²) >= 11 is 0. The van der Waals surface area contributed by atoms with Crippen LogP contribution in [0.4, 0.5) is 5.69 Å². The first-order valence-electron chi connectivity index (χ1n) is 5.81. The van der Waals surface area contributed by atoms with Crippen molar-refractivity contribution in [2.45, 2.75) is 38.9 Å². The zero-order valence-electron chi connectivity index (χ0n) is 11.0. The van der Waals surface area contributed by atoms with Crippen LogP contribution in [0, 0.1) is 0 Å². The Morgan fingerprint density at radius 2 is 1.50 bits per heavy atom. The van der Waals surface area contributed by atoms with Gasteiger partial charge in [0.15, 0.2) is 0 Å². The third-order valence-electron chi connectivity index (χ3n) is 3.68. The fraction of sp³-hybridized carbons (Fsp3) is 0.500. The number of phenolic OH excluding ortho intramolecular Hbond substituents is 2. The maximum atomic E-state index is 9.84. The fourth-order valence-corrected chi connectivity index (χ4v) is 1.77. The predicted octanol–water partition coefficient (Wildman–Crippen LogP) is 0.979. The van der Waals surface area contributed by atoms with E-state index in [1.54, 1.807) is 0 Å². The highest BCUT2D eigenvalue weighted by Crippen LogP contribution is 2.37. The molecule has 1 aliphatic rings. The van der Waals surface area contributed by atoms with Crippen LogP contribution in [0.1, 0.15) is 27.7 Å². The van der Waals surface area contributed by atoms with Crippen LogP contribution in [0.5, 0.6) is 11.5 Å². The molecule has 1 aromatic carbocycles. The van der Waals surface area contributed by atoms with E-state index in [-0.39, 0.29) is 17.2 Å². The Morgan fingerprint density at radius 1 is 1.00 bits per heavy atom. The van der Waals surface area contributed by atoms with Crippen LogP contribution in [-0.2, 0) is 9.31 Å². The van der Waals surface area contributed by atoms with Crippen molar-refractivity contribution in [1.82, 2.24) is 0 Å². The smallest absolute Gasteiger partial charge is 0.498 e. The molecule has 18 heavy (non-hydrogen) atoms. The summed E-state index contributed by atoms with van der Waals surface area (Å²) in [6, 6.07) is 2.66. The van der Waals surface area contributed by atoms with Crippen LogP contribution < -0.4 is 11.2 Å². The molecule has 5 nitrogen and oxygen atoms in total. The first kappa shape index (κ1) is 13.0. The Hall–Kier alpha value is -1.40. The second-order valence-corrected chi connectivity index (χ2v) is 5.56. The molecule has 1 aromatic rings. The summed E-state index contributed by atoms with van der Waals surface area (Å²) in [4.78, 5) is 0. The Bertz CT molecular complexity index is 471. The van der Waals surface area contributed by atoms with E-state index in [0.29, 0.717) is 5.46 Å². The van der Waals surface area contributed by atoms with Gasteiger partial charge in [-0.15, -0.1) is 0 Å². The van der Waals surface area contributed by atoms with Crippen molar-refractivity contribution in [1.29, 1.82) is 0 Å². The molecule has 2 rings (SSSR count). The van der Waals surface area contributed by atoms with E-state index < -0.39 is 18.3 Å². The monoisotopic (exact) mass is 251 g/mol.